The van der Waals surface area contributed by atoms with Crippen molar-refractivity contribution in [2.75, 3.05) is 0 Å². The third-order valence-electron chi connectivity index (χ3n) is 9.30. The Kier molecular flexibility index (Phi) is 5.95. The molecule has 2 aliphatic rings. The van der Waals surface area contributed by atoms with Crippen molar-refractivity contribution in [1.29, 1.82) is 0 Å². The van der Waals surface area contributed by atoms with Crippen LogP contribution < -0.4 is 0 Å². The van der Waals surface area contributed by atoms with Gasteiger partial charge < -0.3 is 9.09 Å². The normalized spacial score (nSPS) is 17.4. The Morgan fingerprint density at radius 2 is 1.80 bits per heavy atom. The molecular weight excluding hydrogens is 496 g/mol. The first-order valence-electron chi connectivity index (χ1n) is 14.4. The molecule has 7 rings (SSSR count). The van der Waals surface area contributed by atoms with Crippen LogP contribution in [0.3, 0.4) is 0 Å². The van der Waals surface area contributed by atoms with Gasteiger partial charge in [-0.2, -0.15) is 0 Å². The minimum Gasteiger partial charge on any atom is -0.361 e. The Balaban J connectivity index is 1.42. The van der Waals surface area contributed by atoms with E-state index in [0.29, 0.717) is 5.92 Å². The zero-order chi connectivity index (χ0) is 27.4. The Labute approximate surface area is 234 Å². The molecule has 1 unspecified atom stereocenters. The van der Waals surface area contributed by atoms with Crippen molar-refractivity contribution in [3.8, 4) is 22.3 Å². The fraction of sp³-hybridized carbons (Fsp3) is 0.353. The zero-order valence-corrected chi connectivity index (χ0v) is 23.4. The fourth-order valence-electron chi connectivity index (χ4n) is 6.97. The van der Waals surface area contributed by atoms with Crippen molar-refractivity contribution in [3.63, 3.8) is 0 Å². The molecule has 0 aliphatic heterocycles. The number of benzene rings is 1. The van der Waals surface area contributed by atoms with Gasteiger partial charge in [0, 0.05) is 35.3 Å². The Hall–Kier alpha value is -4.06. The highest BCUT2D eigenvalue weighted by atomic mass is 16.5. The number of hydrogen-bond acceptors (Lipinski definition) is 5. The summed E-state index contributed by atoms with van der Waals surface area (Å²) in [5, 5.41) is 4.20. The van der Waals surface area contributed by atoms with Gasteiger partial charge in [-0.15, -0.1) is 0 Å². The third kappa shape index (κ3) is 4.00. The maximum atomic E-state index is 12.3. The van der Waals surface area contributed by atoms with E-state index in [1.165, 1.54) is 25.7 Å². The Morgan fingerprint density at radius 3 is 2.42 bits per heavy atom. The number of fused-ring (bicyclic) bond motifs is 1. The van der Waals surface area contributed by atoms with Crippen LogP contribution in [0, 0.1) is 19.8 Å². The lowest BCUT2D eigenvalue weighted by atomic mass is 9.91. The van der Waals surface area contributed by atoms with E-state index in [1.807, 2.05) is 32.3 Å². The smallest absolute Gasteiger partial charge is 0.141 e. The second kappa shape index (κ2) is 9.54. The van der Waals surface area contributed by atoms with Gasteiger partial charge in [0.2, 0.25) is 0 Å². The van der Waals surface area contributed by atoms with E-state index in [9.17, 15) is 4.79 Å². The molecular formula is C34H34N4O2. The average molecular weight is 531 g/mol. The van der Waals surface area contributed by atoms with Gasteiger partial charge >= 0.3 is 0 Å². The number of rotatable bonds is 7. The quantitative estimate of drug-likeness (QED) is 0.215. The number of carbonyl (C=O) groups is 1. The van der Waals surface area contributed by atoms with Gasteiger partial charge in [0.05, 0.1) is 33.9 Å². The highest BCUT2D eigenvalue weighted by molar-refractivity contribution is 5.96. The first kappa shape index (κ1) is 24.9. The second-order valence-electron chi connectivity index (χ2n) is 11.7. The molecule has 202 valence electrons. The molecule has 6 heteroatoms. The van der Waals surface area contributed by atoms with Crippen molar-refractivity contribution in [2.24, 2.45) is 5.92 Å². The van der Waals surface area contributed by atoms with Crippen molar-refractivity contribution in [2.45, 2.75) is 70.8 Å². The van der Waals surface area contributed by atoms with Crippen molar-refractivity contribution < 1.29 is 9.32 Å². The first-order valence-corrected chi connectivity index (χ1v) is 14.4. The van der Waals surface area contributed by atoms with Gasteiger partial charge in [-0.3, -0.25) is 14.8 Å². The van der Waals surface area contributed by atoms with Crippen LogP contribution >= 0.6 is 0 Å². The highest BCUT2D eigenvalue weighted by Crippen LogP contribution is 2.49. The summed E-state index contributed by atoms with van der Waals surface area (Å²) in [6.07, 6.45) is 12.9. The molecule has 4 aromatic heterocycles. The van der Waals surface area contributed by atoms with E-state index >= 15 is 0 Å². The lowest BCUT2D eigenvalue weighted by Crippen LogP contribution is -2.19. The van der Waals surface area contributed by atoms with Crippen molar-refractivity contribution >= 4 is 16.8 Å². The monoisotopic (exact) mass is 530 g/mol. The Bertz CT molecular complexity index is 1690. The van der Waals surface area contributed by atoms with Crippen LogP contribution in [0.4, 0.5) is 0 Å². The summed E-state index contributed by atoms with van der Waals surface area (Å²) in [6, 6.07) is 17.2. The number of pyridine rings is 2. The van der Waals surface area contributed by atoms with Crippen LogP contribution in [-0.4, -0.2) is 25.5 Å². The van der Waals surface area contributed by atoms with Crippen LogP contribution in [-0.2, 0) is 10.2 Å². The number of nitrogens with zero attached hydrogens (tertiary/aromatic N) is 4. The van der Waals surface area contributed by atoms with Crippen LogP contribution in [0.15, 0.2) is 71.6 Å². The summed E-state index contributed by atoms with van der Waals surface area (Å²) in [5.74, 6) is 1.57. The number of ketones is 1. The van der Waals surface area contributed by atoms with Crippen LogP contribution in [0.1, 0.15) is 74.2 Å². The van der Waals surface area contributed by atoms with Gasteiger partial charge in [0.1, 0.15) is 11.5 Å². The lowest BCUT2D eigenvalue weighted by molar-refractivity contribution is -0.119. The zero-order valence-electron chi connectivity index (χ0n) is 23.4. The maximum absolute atomic E-state index is 12.3. The maximum Gasteiger partial charge on any atom is 0.141 e. The predicted molar refractivity (Wildman–Crippen MR) is 156 cm³/mol. The highest BCUT2D eigenvalue weighted by Gasteiger charge is 2.48. The second-order valence-corrected chi connectivity index (χ2v) is 11.7. The van der Waals surface area contributed by atoms with Crippen LogP contribution in [0.2, 0.25) is 0 Å². The predicted octanol–water partition coefficient (Wildman–Crippen LogP) is 7.77. The van der Waals surface area contributed by atoms with E-state index in [-0.39, 0.29) is 17.2 Å². The summed E-state index contributed by atoms with van der Waals surface area (Å²) in [6.45, 7) is 5.65. The summed E-state index contributed by atoms with van der Waals surface area (Å²) < 4.78 is 7.93. The van der Waals surface area contributed by atoms with Gasteiger partial charge in [-0.25, -0.2) is 0 Å². The van der Waals surface area contributed by atoms with E-state index in [4.69, 9.17) is 14.5 Å². The number of aromatic nitrogens is 4. The lowest BCUT2D eigenvalue weighted by Gasteiger charge is -2.26. The molecule has 0 bridgehead atoms. The molecule has 6 nitrogen and oxygen atoms in total. The molecule has 0 N–H and O–H groups in total. The molecule has 40 heavy (non-hydrogen) atoms. The summed E-state index contributed by atoms with van der Waals surface area (Å²) in [7, 11) is 0. The molecule has 2 fully saturated rings. The SMILES string of the molecule is CC(=O)C1(c2ccc(-c3cn(C(c4ccccn4)C4CCCC4)c4cc(-c5c(C)noc5C)cnc34)cc2)CC1. The standard InChI is InChI=1S/C34H34N4O2/c1-21-31(22(2)40-37-21)26-18-30-32(36-19-26)28(24-11-13-27(14-12-24)34(15-16-34)23(3)39)20-38(30)33(25-8-4-5-9-25)29-10-6-7-17-35-29/h6-7,10-14,17-20,25,33H,4-5,8-9,15-16H2,1-3H3. The number of Topliss-reactive ketones (excluding diaryl/α,β-unsaturated/α-hetero) is 1. The van der Waals surface area contributed by atoms with Crippen molar-refractivity contribution in [1.82, 2.24) is 19.7 Å². The van der Waals surface area contributed by atoms with Crippen LogP contribution in [0.25, 0.3) is 33.3 Å². The molecule has 0 amide bonds. The molecule has 4 heterocycles. The number of hydrogen-bond donors (Lipinski definition) is 0. The molecule has 1 aromatic carbocycles. The number of aryl methyl sites for hydroxylation is 2. The fourth-order valence-corrected chi connectivity index (χ4v) is 6.97. The number of carbonyl (C=O) groups excluding carboxylic acids is 1. The molecule has 5 aromatic rings. The van der Waals surface area contributed by atoms with Crippen molar-refractivity contribution in [3.05, 3.63) is 89.8 Å². The Morgan fingerprint density at radius 1 is 1.02 bits per heavy atom. The van der Waals surface area contributed by atoms with Gasteiger partial charge in [-0.1, -0.05) is 48.3 Å². The molecule has 0 spiro atoms. The first-order chi connectivity index (χ1) is 19.5. The van der Waals surface area contributed by atoms with Gasteiger partial charge in [0.15, 0.2) is 0 Å². The van der Waals surface area contributed by atoms with Crippen LogP contribution in [0.5, 0.6) is 0 Å². The van der Waals surface area contributed by atoms with E-state index in [2.05, 4.69) is 58.4 Å². The summed E-state index contributed by atoms with van der Waals surface area (Å²) >= 11 is 0. The van der Waals surface area contributed by atoms with E-state index in [1.54, 1.807) is 6.92 Å². The van der Waals surface area contributed by atoms with Gasteiger partial charge in [-0.05, 0) is 81.7 Å². The summed E-state index contributed by atoms with van der Waals surface area (Å²) in [4.78, 5) is 22.3. The van der Waals surface area contributed by atoms with Gasteiger partial charge in [0.25, 0.3) is 0 Å². The third-order valence-corrected chi connectivity index (χ3v) is 9.30. The molecule has 1 atom stereocenters. The summed E-state index contributed by atoms with van der Waals surface area (Å²) in [5.41, 5.74) is 9.07. The molecule has 2 aliphatic carbocycles. The largest absolute Gasteiger partial charge is 0.361 e. The topological polar surface area (TPSA) is 73.8 Å². The van der Waals surface area contributed by atoms with E-state index < -0.39 is 0 Å². The average Bonchev–Trinajstić information content (AvgIpc) is 3.27. The minimum atomic E-state index is -0.277. The molecule has 0 radical (unpaired) electrons. The van der Waals surface area contributed by atoms with E-state index in [0.717, 1.165) is 68.8 Å². The molecule has 2 saturated carbocycles. The minimum absolute atomic E-state index is 0.119. The molecule has 0 saturated heterocycles.